The van der Waals surface area contributed by atoms with Gasteiger partial charge in [0.25, 0.3) is 0 Å². The van der Waals surface area contributed by atoms with E-state index < -0.39 is 12.1 Å². The minimum absolute atomic E-state index is 0.0884. The number of carbonyl (C=O) groups is 1. The third-order valence-electron chi connectivity index (χ3n) is 5.72. The highest BCUT2D eigenvalue weighted by molar-refractivity contribution is 5.66. The lowest BCUT2D eigenvalue weighted by atomic mass is 9.92. The highest BCUT2D eigenvalue weighted by atomic mass is 16.4. The Morgan fingerprint density at radius 1 is 1.11 bits per heavy atom. The molecule has 1 atom stereocenters. The van der Waals surface area contributed by atoms with E-state index in [-0.39, 0.29) is 18.0 Å². The Morgan fingerprint density at radius 2 is 1.78 bits per heavy atom. The predicted octanol–water partition coefficient (Wildman–Crippen LogP) is 3.18. The van der Waals surface area contributed by atoms with Crippen molar-refractivity contribution in [2.24, 2.45) is 5.92 Å². The number of aliphatic carboxylic acids is 1. The Kier molecular flexibility index (Phi) is 8.91. The van der Waals surface area contributed by atoms with Gasteiger partial charge >= 0.3 is 11.7 Å². The highest BCUT2D eigenvalue weighted by Crippen LogP contribution is 2.27. The van der Waals surface area contributed by atoms with Gasteiger partial charge in [0, 0.05) is 13.0 Å². The fourth-order valence-corrected chi connectivity index (χ4v) is 4.10. The minimum atomic E-state index is -0.778. The van der Waals surface area contributed by atoms with Crippen molar-refractivity contribution in [1.29, 1.82) is 0 Å². The molecule has 1 saturated carbocycles. The van der Waals surface area contributed by atoms with Gasteiger partial charge in [-0.2, -0.15) is 0 Å². The molecule has 0 aromatic carbocycles. The van der Waals surface area contributed by atoms with Crippen molar-refractivity contribution in [2.45, 2.75) is 96.1 Å². The number of hydrogen-bond donors (Lipinski definition) is 4. The van der Waals surface area contributed by atoms with Crippen molar-refractivity contribution in [3.63, 3.8) is 0 Å². The molecule has 0 amide bonds. The van der Waals surface area contributed by atoms with Crippen molar-refractivity contribution in [3.05, 3.63) is 16.2 Å². The Hall–Kier alpha value is -1.76. The Morgan fingerprint density at radius 3 is 2.44 bits per heavy atom. The summed E-state index contributed by atoms with van der Waals surface area (Å²) < 4.78 is 1.55. The lowest BCUT2D eigenvalue weighted by molar-refractivity contribution is -0.137. The maximum absolute atomic E-state index is 12.1. The average Bonchev–Trinajstić information content (AvgIpc) is 2.82. The SMILES string of the molecule is O=C(O)CCCCCCc1c(O)[nH]c(=O)n1CCC(O)C1CCCCCC1. The number of aromatic amines is 1. The molecular formula is C20H34N2O5. The lowest BCUT2D eigenvalue weighted by Gasteiger charge is -2.21. The molecule has 1 aromatic rings. The zero-order chi connectivity index (χ0) is 19.6. The van der Waals surface area contributed by atoms with Gasteiger partial charge in [-0.25, -0.2) is 4.79 Å². The quantitative estimate of drug-likeness (QED) is 0.346. The van der Waals surface area contributed by atoms with Crippen molar-refractivity contribution in [2.75, 3.05) is 0 Å². The summed E-state index contributed by atoms with van der Waals surface area (Å²) in [5.41, 5.74) is 0.257. The Balaban J connectivity index is 1.83. The fraction of sp³-hybridized carbons (Fsp3) is 0.800. The molecule has 0 bridgehead atoms. The van der Waals surface area contributed by atoms with Gasteiger partial charge in [-0.05, 0) is 44.4 Å². The molecule has 7 nitrogen and oxygen atoms in total. The van der Waals surface area contributed by atoms with Gasteiger partial charge in [-0.1, -0.05) is 38.5 Å². The maximum atomic E-state index is 12.1. The van der Waals surface area contributed by atoms with Crippen LogP contribution in [0.25, 0.3) is 0 Å². The first-order valence-electron chi connectivity index (χ1n) is 10.4. The van der Waals surface area contributed by atoms with E-state index in [0.29, 0.717) is 37.4 Å². The topological polar surface area (TPSA) is 116 Å². The van der Waals surface area contributed by atoms with E-state index in [9.17, 15) is 19.8 Å². The normalized spacial score (nSPS) is 16.9. The van der Waals surface area contributed by atoms with Crippen molar-refractivity contribution in [3.8, 4) is 5.88 Å². The van der Waals surface area contributed by atoms with Crippen molar-refractivity contribution in [1.82, 2.24) is 9.55 Å². The molecule has 154 valence electrons. The smallest absolute Gasteiger partial charge is 0.328 e. The number of aliphatic hydroxyl groups excluding tert-OH is 1. The second-order valence-electron chi connectivity index (χ2n) is 7.79. The van der Waals surface area contributed by atoms with Crippen LogP contribution >= 0.6 is 0 Å². The second kappa shape index (κ2) is 11.2. The molecular weight excluding hydrogens is 348 g/mol. The number of nitrogens with one attached hydrogen (secondary N) is 1. The van der Waals surface area contributed by atoms with Gasteiger partial charge in [0.15, 0.2) is 0 Å². The van der Waals surface area contributed by atoms with Crippen LogP contribution in [0.3, 0.4) is 0 Å². The first-order chi connectivity index (χ1) is 13.0. The molecule has 0 radical (unpaired) electrons. The van der Waals surface area contributed by atoms with Gasteiger partial charge < -0.3 is 15.3 Å². The highest BCUT2D eigenvalue weighted by Gasteiger charge is 2.22. The first-order valence-corrected chi connectivity index (χ1v) is 10.4. The van der Waals surface area contributed by atoms with Crippen molar-refractivity contribution >= 4 is 5.97 Å². The van der Waals surface area contributed by atoms with E-state index in [4.69, 9.17) is 5.11 Å². The average molecular weight is 383 g/mol. The van der Waals surface area contributed by atoms with Crippen LogP contribution in [-0.4, -0.2) is 36.9 Å². The molecule has 27 heavy (non-hydrogen) atoms. The number of aliphatic hydroxyl groups is 1. The number of hydrogen-bond acceptors (Lipinski definition) is 4. The zero-order valence-corrected chi connectivity index (χ0v) is 16.2. The van der Waals surface area contributed by atoms with E-state index in [1.807, 2.05) is 0 Å². The molecule has 1 aliphatic carbocycles. The van der Waals surface area contributed by atoms with E-state index in [1.54, 1.807) is 4.57 Å². The number of carboxylic acids is 1. The number of unbranched alkanes of at least 4 members (excludes halogenated alkanes) is 3. The standard InChI is InChI=1S/C20H34N2O5/c23-17(15-9-5-1-2-6-10-15)13-14-22-16(19(26)21-20(22)27)11-7-3-4-8-12-18(24)25/h15,17,23,26H,1-14H2,(H,21,27)(H,24,25). The molecule has 1 heterocycles. The summed E-state index contributed by atoms with van der Waals surface area (Å²) in [4.78, 5) is 25.1. The largest absolute Gasteiger partial charge is 0.493 e. The number of H-pyrrole nitrogens is 1. The van der Waals surface area contributed by atoms with E-state index >= 15 is 0 Å². The number of carboxylic acid groups (broad SMARTS) is 1. The predicted molar refractivity (Wildman–Crippen MR) is 103 cm³/mol. The molecule has 1 aliphatic rings. The van der Waals surface area contributed by atoms with Gasteiger partial charge in [0.1, 0.15) is 0 Å². The number of nitrogens with zero attached hydrogens (tertiary/aromatic N) is 1. The minimum Gasteiger partial charge on any atom is -0.493 e. The molecule has 1 aromatic heterocycles. The molecule has 2 rings (SSSR count). The molecule has 1 unspecified atom stereocenters. The Bertz CT molecular complexity index is 629. The van der Waals surface area contributed by atoms with Gasteiger partial charge in [0.05, 0.1) is 11.8 Å². The molecule has 0 aliphatic heterocycles. The molecule has 7 heteroatoms. The van der Waals surface area contributed by atoms with Crippen LogP contribution in [0.15, 0.2) is 4.79 Å². The summed E-state index contributed by atoms with van der Waals surface area (Å²) in [6.45, 7) is 0.405. The summed E-state index contributed by atoms with van der Waals surface area (Å²) in [6.07, 6.45) is 10.9. The molecule has 4 N–H and O–H groups in total. The number of imidazole rings is 1. The second-order valence-corrected chi connectivity index (χ2v) is 7.79. The number of rotatable bonds is 11. The van der Waals surface area contributed by atoms with Crippen molar-refractivity contribution < 1.29 is 20.1 Å². The van der Waals surface area contributed by atoms with Crippen LogP contribution in [0.2, 0.25) is 0 Å². The lowest BCUT2D eigenvalue weighted by Crippen LogP contribution is -2.26. The van der Waals surface area contributed by atoms with Crippen LogP contribution in [0.5, 0.6) is 5.88 Å². The third-order valence-corrected chi connectivity index (χ3v) is 5.72. The Labute approximate surface area is 160 Å². The fourth-order valence-electron chi connectivity index (χ4n) is 4.10. The number of aromatic nitrogens is 2. The van der Waals surface area contributed by atoms with E-state index in [2.05, 4.69) is 4.98 Å². The van der Waals surface area contributed by atoms with Crippen LogP contribution in [0, 0.1) is 5.92 Å². The summed E-state index contributed by atoms with van der Waals surface area (Å²) in [5, 5.41) is 29.2. The molecule has 0 saturated heterocycles. The number of aromatic hydroxyl groups is 1. The molecule has 1 fully saturated rings. The summed E-state index contributed by atoms with van der Waals surface area (Å²) >= 11 is 0. The van der Waals surface area contributed by atoms with Gasteiger partial charge in [-0.15, -0.1) is 0 Å². The summed E-state index contributed by atoms with van der Waals surface area (Å²) in [7, 11) is 0. The van der Waals surface area contributed by atoms with Crippen LogP contribution in [0.4, 0.5) is 0 Å². The summed E-state index contributed by atoms with van der Waals surface area (Å²) in [5.74, 6) is -0.553. The monoisotopic (exact) mass is 382 g/mol. The third kappa shape index (κ3) is 7.05. The first kappa shape index (κ1) is 21.5. The van der Waals surface area contributed by atoms with E-state index in [0.717, 1.165) is 32.1 Å². The molecule has 0 spiro atoms. The summed E-state index contributed by atoms with van der Waals surface area (Å²) in [6, 6.07) is 0. The van der Waals surface area contributed by atoms with Gasteiger partial charge in [-0.3, -0.25) is 14.3 Å². The zero-order valence-electron chi connectivity index (χ0n) is 16.2. The van der Waals surface area contributed by atoms with Crippen LogP contribution in [0.1, 0.15) is 82.7 Å². The van der Waals surface area contributed by atoms with Gasteiger partial charge in [0.2, 0.25) is 5.88 Å². The maximum Gasteiger partial charge on any atom is 0.328 e. The van der Waals surface area contributed by atoms with Crippen LogP contribution in [-0.2, 0) is 17.8 Å². The van der Waals surface area contributed by atoms with Crippen LogP contribution < -0.4 is 5.69 Å². The van der Waals surface area contributed by atoms with E-state index in [1.165, 1.54) is 25.7 Å².